The van der Waals surface area contributed by atoms with E-state index in [1.165, 1.54) is 10.5 Å². The van der Waals surface area contributed by atoms with Gasteiger partial charge < -0.3 is 15.3 Å². The van der Waals surface area contributed by atoms with Crippen molar-refractivity contribution in [1.29, 1.82) is 0 Å². The lowest BCUT2D eigenvalue weighted by Gasteiger charge is -2.29. The SMILES string of the molecule is CCS(=O)(=O)NCCCN1CC(C(=O)N[C@H]2CC[C@@H](c3ccccc3)CC2)=C(O)C1=O. The second-order valence-electron chi connectivity index (χ2n) is 8.14. The van der Waals surface area contributed by atoms with Gasteiger partial charge in [0.25, 0.3) is 11.8 Å². The highest BCUT2D eigenvalue weighted by atomic mass is 32.2. The molecule has 1 saturated carbocycles. The average Bonchev–Trinajstić information content (AvgIpc) is 3.06. The molecular weight excluding hydrogens is 418 g/mol. The van der Waals surface area contributed by atoms with Crippen molar-refractivity contribution in [2.24, 2.45) is 0 Å². The smallest absolute Gasteiger partial charge is 0.289 e. The molecule has 1 aliphatic heterocycles. The van der Waals surface area contributed by atoms with E-state index in [1.807, 2.05) is 18.2 Å². The van der Waals surface area contributed by atoms with Crippen molar-refractivity contribution >= 4 is 21.8 Å². The molecule has 0 saturated heterocycles. The molecule has 0 atom stereocenters. The normalized spacial score (nSPS) is 22.1. The second kappa shape index (κ2) is 10.3. The molecule has 0 aromatic heterocycles. The Morgan fingerprint density at radius 3 is 2.48 bits per heavy atom. The molecule has 0 radical (unpaired) electrons. The number of aliphatic hydroxyl groups is 1. The van der Waals surface area contributed by atoms with Gasteiger partial charge >= 0.3 is 0 Å². The Morgan fingerprint density at radius 2 is 1.84 bits per heavy atom. The van der Waals surface area contributed by atoms with Crippen LogP contribution in [0.5, 0.6) is 0 Å². The molecule has 9 heteroatoms. The van der Waals surface area contributed by atoms with Crippen LogP contribution in [-0.4, -0.2) is 61.7 Å². The van der Waals surface area contributed by atoms with Crippen LogP contribution in [0, 0.1) is 0 Å². The lowest BCUT2D eigenvalue weighted by Crippen LogP contribution is -2.39. The number of nitrogens with one attached hydrogen (secondary N) is 2. The minimum Gasteiger partial charge on any atom is -0.503 e. The highest BCUT2D eigenvalue weighted by Crippen LogP contribution is 2.33. The van der Waals surface area contributed by atoms with E-state index in [2.05, 4.69) is 22.2 Å². The number of aliphatic hydroxyl groups excluding tert-OH is 1. The Balaban J connectivity index is 1.45. The number of amides is 2. The molecule has 1 aromatic rings. The summed E-state index contributed by atoms with van der Waals surface area (Å²) in [5.41, 5.74) is 1.41. The van der Waals surface area contributed by atoms with Crippen molar-refractivity contribution in [3.63, 3.8) is 0 Å². The highest BCUT2D eigenvalue weighted by Gasteiger charge is 2.34. The van der Waals surface area contributed by atoms with Gasteiger partial charge in [-0.15, -0.1) is 0 Å². The summed E-state index contributed by atoms with van der Waals surface area (Å²) in [4.78, 5) is 26.3. The fraction of sp³-hybridized carbons (Fsp3) is 0.545. The van der Waals surface area contributed by atoms with Crippen LogP contribution >= 0.6 is 0 Å². The van der Waals surface area contributed by atoms with Crippen molar-refractivity contribution < 1.29 is 23.1 Å². The van der Waals surface area contributed by atoms with Crippen LogP contribution in [0.3, 0.4) is 0 Å². The molecule has 0 spiro atoms. The number of nitrogens with zero attached hydrogens (tertiary/aromatic N) is 1. The van der Waals surface area contributed by atoms with Gasteiger partial charge in [-0.3, -0.25) is 9.59 Å². The zero-order valence-corrected chi connectivity index (χ0v) is 18.7. The predicted octanol–water partition coefficient (Wildman–Crippen LogP) is 1.81. The summed E-state index contributed by atoms with van der Waals surface area (Å²) in [6.07, 6.45) is 4.08. The third-order valence-corrected chi connectivity index (χ3v) is 7.44. The van der Waals surface area contributed by atoms with E-state index in [0.29, 0.717) is 12.3 Å². The first-order valence-electron chi connectivity index (χ1n) is 10.8. The van der Waals surface area contributed by atoms with Crippen LogP contribution in [0.4, 0.5) is 0 Å². The summed E-state index contributed by atoms with van der Waals surface area (Å²) in [6, 6.07) is 10.4. The van der Waals surface area contributed by atoms with Crippen LogP contribution in [0.1, 0.15) is 50.5 Å². The summed E-state index contributed by atoms with van der Waals surface area (Å²) in [5, 5.41) is 13.1. The van der Waals surface area contributed by atoms with Crippen LogP contribution in [0.2, 0.25) is 0 Å². The Kier molecular flexibility index (Phi) is 7.72. The van der Waals surface area contributed by atoms with E-state index >= 15 is 0 Å². The van der Waals surface area contributed by atoms with Crippen LogP contribution in [0.15, 0.2) is 41.7 Å². The van der Waals surface area contributed by atoms with Crippen LogP contribution in [0.25, 0.3) is 0 Å². The summed E-state index contributed by atoms with van der Waals surface area (Å²) >= 11 is 0. The maximum atomic E-state index is 12.7. The van der Waals surface area contributed by atoms with Crippen molar-refractivity contribution in [1.82, 2.24) is 14.9 Å². The molecule has 1 aliphatic carbocycles. The number of carbonyl (C=O) groups excluding carboxylic acids is 2. The van der Waals surface area contributed by atoms with Crippen molar-refractivity contribution in [3.05, 3.63) is 47.2 Å². The Labute approximate surface area is 183 Å². The van der Waals surface area contributed by atoms with Crippen LogP contribution < -0.4 is 10.0 Å². The standard InChI is InChI=1S/C22H31N3O5S/c1-2-31(29,30)23-13-6-14-25-15-19(20(26)22(25)28)21(27)24-18-11-9-17(10-12-18)16-7-4-3-5-8-16/h3-5,7-8,17-18,23,26H,2,6,9-15H2,1H3,(H,24,27)/t17-,18+. The molecule has 170 valence electrons. The number of hydrogen-bond donors (Lipinski definition) is 3. The molecule has 3 rings (SSSR count). The third-order valence-electron chi connectivity index (χ3n) is 6.04. The summed E-state index contributed by atoms with van der Waals surface area (Å²) in [6.45, 7) is 2.05. The first-order valence-corrected chi connectivity index (χ1v) is 12.5. The topological polar surface area (TPSA) is 116 Å². The number of hydrogen-bond acceptors (Lipinski definition) is 5. The zero-order chi connectivity index (χ0) is 22.4. The molecule has 8 nitrogen and oxygen atoms in total. The first-order chi connectivity index (χ1) is 14.8. The van der Waals surface area contributed by atoms with E-state index in [4.69, 9.17) is 0 Å². The molecule has 1 heterocycles. The van der Waals surface area contributed by atoms with E-state index < -0.39 is 27.6 Å². The maximum Gasteiger partial charge on any atom is 0.289 e. The molecule has 0 unspecified atom stereocenters. The van der Waals surface area contributed by atoms with E-state index in [1.54, 1.807) is 6.92 Å². The molecule has 3 N–H and O–H groups in total. The largest absolute Gasteiger partial charge is 0.503 e. The predicted molar refractivity (Wildman–Crippen MR) is 118 cm³/mol. The molecule has 0 bridgehead atoms. The molecule has 2 aliphatic rings. The second-order valence-corrected chi connectivity index (χ2v) is 10.2. The molecule has 1 fully saturated rings. The van der Waals surface area contributed by atoms with Gasteiger partial charge in [0.2, 0.25) is 10.0 Å². The number of carbonyl (C=O) groups is 2. The average molecular weight is 450 g/mol. The van der Waals surface area contributed by atoms with Gasteiger partial charge in [0.15, 0.2) is 5.76 Å². The molecular formula is C22H31N3O5S. The monoisotopic (exact) mass is 449 g/mol. The Morgan fingerprint density at radius 1 is 1.16 bits per heavy atom. The van der Waals surface area contributed by atoms with Crippen LogP contribution in [-0.2, 0) is 19.6 Å². The van der Waals surface area contributed by atoms with E-state index in [9.17, 15) is 23.1 Å². The summed E-state index contributed by atoms with van der Waals surface area (Å²) in [7, 11) is -3.28. The zero-order valence-electron chi connectivity index (χ0n) is 17.8. The molecule has 2 amide bonds. The third kappa shape index (κ3) is 6.07. The highest BCUT2D eigenvalue weighted by molar-refractivity contribution is 7.89. The summed E-state index contributed by atoms with van der Waals surface area (Å²) < 4.78 is 25.3. The van der Waals surface area contributed by atoms with Gasteiger partial charge in [-0.1, -0.05) is 30.3 Å². The van der Waals surface area contributed by atoms with Gasteiger partial charge in [0.05, 0.1) is 17.9 Å². The minimum atomic E-state index is -3.28. The van der Waals surface area contributed by atoms with Crippen molar-refractivity contribution in [2.75, 3.05) is 25.4 Å². The van der Waals surface area contributed by atoms with E-state index in [-0.39, 0.29) is 37.0 Å². The fourth-order valence-corrected chi connectivity index (χ4v) is 4.80. The maximum absolute atomic E-state index is 12.7. The van der Waals surface area contributed by atoms with Crippen molar-refractivity contribution in [2.45, 2.75) is 51.0 Å². The molecule has 1 aromatic carbocycles. The minimum absolute atomic E-state index is 0.00439. The quantitative estimate of drug-likeness (QED) is 0.497. The van der Waals surface area contributed by atoms with Gasteiger partial charge in [0, 0.05) is 19.1 Å². The number of benzene rings is 1. The van der Waals surface area contributed by atoms with Crippen molar-refractivity contribution in [3.8, 4) is 0 Å². The van der Waals surface area contributed by atoms with Gasteiger partial charge in [-0.2, -0.15) is 0 Å². The first kappa shape index (κ1) is 23.3. The summed E-state index contributed by atoms with van der Waals surface area (Å²) in [5.74, 6) is -1.00. The Hall–Kier alpha value is -2.39. The lowest BCUT2D eigenvalue weighted by molar-refractivity contribution is -0.127. The Bertz CT molecular complexity index is 922. The number of rotatable bonds is 9. The van der Waals surface area contributed by atoms with E-state index in [0.717, 1.165) is 25.7 Å². The lowest BCUT2D eigenvalue weighted by atomic mass is 9.82. The van der Waals surface area contributed by atoms with Gasteiger partial charge in [-0.25, -0.2) is 13.1 Å². The molecule has 31 heavy (non-hydrogen) atoms. The fourth-order valence-electron chi connectivity index (χ4n) is 4.14. The van der Waals surface area contributed by atoms with Gasteiger partial charge in [-0.05, 0) is 50.5 Å². The number of sulfonamides is 1. The van der Waals surface area contributed by atoms with Gasteiger partial charge in [0.1, 0.15) is 0 Å².